The van der Waals surface area contributed by atoms with E-state index < -0.39 is 0 Å². The molecule has 110 valence electrons. The van der Waals surface area contributed by atoms with E-state index >= 15 is 0 Å². The zero-order chi connectivity index (χ0) is 14.0. The predicted molar refractivity (Wildman–Crippen MR) is 75.9 cm³/mol. The first-order valence-electron chi connectivity index (χ1n) is 7.18. The van der Waals surface area contributed by atoms with Gasteiger partial charge in [-0.2, -0.15) is 0 Å². The van der Waals surface area contributed by atoms with E-state index in [2.05, 4.69) is 41.5 Å². The Hall–Kier alpha value is -0.120. The molecule has 0 amide bonds. The van der Waals surface area contributed by atoms with E-state index in [-0.39, 0.29) is 6.10 Å². The summed E-state index contributed by atoms with van der Waals surface area (Å²) in [4.78, 5) is 0. The van der Waals surface area contributed by atoms with Crippen molar-refractivity contribution >= 4 is 0 Å². The van der Waals surface area contributed by atoms with Gasteiger partial charge in [-0.05, 0) is 17.8 Å². The van der Waals surface area contributed by atoms with Crippen LogP contribution >= 0.6 is 0 Å². The molecule has 0 saturated carbocycles. The lowest BCUT2D eigenvalue weighted by atomic mass is 10.2. The molecule has 3 heteroatoms. The van der Waals surface area contributed by atoms with Crippen LogP contribution in [0.3, 0.4) is 0 Å². The van der Waals surface area contributed by atoms with Gasteiger partial charge in [0.15, 0.2) is 0 Å². The molecule has 0 saturated heterocycles. The molecule has 3 nitrogen and oxygen atoms in total. The fourth-order valence-corrected chi connectivity index (χ4v) is 1.34. The average molecular weight is 260 g/mol. The van der Waals surface area contributed by atoms with E-state index in [0.29, 0.717) is 31.0 Å². The monoisotopic (exact) mass is 260 g/mol. The zero-order valence-electron chi connectivity index (χ0n) is 13.1. The van der Waals surface area contributed by atoms with Gasteiger partial charge in [0.2, 0.25) is 0 Å². The quantitative estimate of drug-likeness (QED) is 0.570. The summed E-state index contributed by atoms with van der Waals surface area (Å²) in [5, 5.41) is 0. The summed E-state index contributed by atoms with van der Waals surface area (Å²) in [5.41, 5.74) is 0. The summed E-state index contributed by atoms with van der Waals surface area (Å²) in [5.74, 6) is 1.67. The minimum atomic E-state index is 0.0601. The first-order valence-corrected chi connectivity index (χ1v) is 7.18. The standard InChI is InChI=1S/C15H32O3/c1-12(2)7-16-10-15(18-9-14(5)6)11-17-8-13(3)4/h12-15H,7-11H2,1-6H3. The summed E-state index contributed by atoms with van der Waals surface area (Å²) in [6.07, 6.45) is 0.0601. The Morgan fingerprint density at radius 3 is 1.28 bits per heavy atom. The van der Waals surface area contributed by atoms with Crippen molar-refractivity contribution in [1.29, 1.82) is 0 Å². The highest BCUT2D eigenvalue weighted by Crippen LogP contribution is 2.03. The molecular formula is C15H32O3. The molecule has 0 unspecified atom stereocenters. The molecule has 0 rings (SSSR count). The van der Waals surface area contributed by atoms with E-state index in [1.54, 1.807) is 0 Å². The van der Waals surface area contributed by atoms with E-state index in [9.17, 15) is 0 Å². The van der Waals surface area contributed by atoms with Crippen molar-refractivity contribution in [2.24, 2.45) is 17.8 Å². The van der Waals surface area contributed by atoms with Crippen molar-refractivity contribution in [3.05, 3.63) is 0 Å². The first kappa shape index (κ1) is 17.9. The predicted octanol–water partition coefficient (Wildman–Crippen LogP) is 3.37. The molecule has 0 aromatic carbocycles. The molecule has 0 N–H and O–H groups in total. The van der Waals surface area contributed by atoms with Crippen LogP contribution in [0, 0.1) is 17.8 Å². The smallest absolute Gasteiger partial charge is 0.104 e. The first-order chi connectivity index (χ1) is 8.41. The second-order valence-electron chi connectivity index (χ2n) is 6.21. The molecule has 0 radical (unpaired) electrons. The maximum absolute atomic E-state index is 5.82. The molecule has 0 fully saturated rings. The summed E-state index contributed by atoms with van der Waals surface area (Å²) < 4.78 is 17.1. The van der Waals surface area contributed by atoms with Crippen molar-refractivity contribution in [3.63, 3.8) is 0 Å². The van der Waals surface area contributed by atoms with Gasteiger partial charge in [0.05, 0.1) is 13.2 Å². The molecule has 0 aliphatic carbocycles. The summed E-state index contributed by atoms with van der Waals surface area (Å²) in [7, 11) is 0. The molecule has 0 aromatic heterocycles. The van der Waals surface area contributed by atoms with Crippen LogP contribution in [0.5, 0.6) is 0 Å². The van der Waals surface area contributed by atoms with Gasteiger partial charge < -0.3 is 14.2 Å². The topological polar surface area (TPSA) is 27.7 Å². The third kappa shape index (κ3) is 12.3. The highest BCUT2D eigenvalue weighted by molar-refractivity contribution is 4.58. The molecule has 0 aliphatic heterocycles. The molecule has 18 heavy (non-hydrogen) atoms. The maximum atomic E-state index is 5.82. The SMILES string of the molecule is CC(C)COCC(COCC(C)C)OCC(C)C. The van der Waals surface area contributed by atoms with Crippen LogP contribution in [0.4, 0.5) is 0 Å². The number of hydrogen-bond acceptors (Lipinski definition) is 3. The summed E-state index contributed by atoms with van der Waals surface area (Å²) in [6, 6.07) is 0. The lowest BCUT2D eigenvalue weighted by molar-refractivity contribution is -0.0726. The van der Waals surface area contributed by atoms with Gasteiger partial charge in [-0.1, -0.05) is 41.5 Å². The summed E-state index contributed by atoms with van der Waals surface area (Å²) in [6.45, 7) is 16.5. The second kappa shape index (κ2) is 10.8. The molecule has 0 aliphatic rings. The molecule has 0 spiro atoms. The van der Waals surface area contributed by atoms with Crippen molar-refractivity contribution < 1.29 is 14.2 Å². The van der Waals surface area contributed by atoms with E-state index in [0.717, 1.165) is 19.8 Å². The molecule has 0 heterocycles. The highest BCUT2D eigenvalue weighted by atomic mass is 16.6. The van der Waals surface area contributed by atoms with Crippen LogP contribution in [0.25, 0.3) is 0 Å². The van der Waals surface area contributed by atoms with Crippen LogP contribution in [0.1, 0.15) is 41.5 Å². The van der Waals surface area contributed by atoms with E-state index in [4.69, 9.17) is 14.2 Å². The number of ether oxygens (including phenoxy) is 3. The summed E-state index contributed by atoms with van der Waals surface area (Å²) >= 11 is 0. The Labute approximate surface area is 113 Å². The Bertz CT molecular complexity index is 165. The lowest BCUT2D eigenvalue weighted by Crippen LogP contribution is -2.28. The van der Waals surface area contributed by atoms with Crippen molar-refractivity contribution in [3.8, 4) is 0 Å². The van der Waals surface area contributed by atoms with Gasteiger partial charge in [-0.3, -0.25) is 0 Å². The number of rotatable bonds is 11. The van der Waals surface area contributed by atoms with Crippen molar-refractivity contribution in [1.82, 2.24) is 0 Å². The fraction of sp³-hybridized carbons (Fsp3) is 1.00. The molecule has 0 atom stereocenters. The number of hydrogen-bond donors (Lipinski definition) is 0. The molecule has 0 bridgehead atoms. The minimum absolute atomic E-state index is 0.0601. The van der Waals surface area contributed by atoms with Crippen molar-refractivity contribution in [2.45, 2.75) is 47.6 Å². The van der Waals surface area contributed by atoms with Crippen molar-refractivity contribution in [2.75, 3.05) is 33.0 Å². The average Bonchev–Trinajstić information content (AvgIpc) is 2.24. The molecule has 0 aromatic rings. The van der Waals surface area contributed by atoms with Gasteiger partial charge >= 0.3 is 0 Å². The highest BCUT2D eigenvalue weighted by Gasteiger charge is 2.11. The van der Waals surface area contributed by atoms with E-state index in [1.807, 2.05) is 0 Å². The Balaban J connectivity index is 3.84. The van der Waals surface area contributed by atoms with Crippen LogP contribution in [0.2, 0.25) is 0 Å². The Morgan fingerprint density at radius 2 is 0.944 bits per heavy atom. The Morgan fingerprint density at radius 1 is 0.556 bits per heavy atom. The van der Waals surface area contributed by atoms with Gasteiger partial charge in [0.25, 0.3) is 0 Å². The van der Waals surface area contributed by atoms with Crippen LogP contribution < -0.4 is 0 Å². The van der Waals surface area contributed by atoms with Gasteiger partial charge in [0, 0.05) is 19.8 Å². The van der Waals surface area contributed by atoms with Crippen LogP contribution in [0.15, 0.2) is 0 Å². The zero-order valence-corrected chi connectivity index (χ0v) is 13.1. The fourth-order valence-electron chi connectivity index (χ4n) is 1.34. The maximum Gasteiger partial charge on any atom is 0.104 e. The second-order valence-corrected chi connectivity index (χ2v) is 6.21. The third-order valence-electron chi connectivity index (χ3n) is 2.18. The lowest BCUT2D eigenvalue weighted by Gasteiger charge is -2.20. The minimum Gasteiger partial charge on any atom is -0.378 e. The van der Waals surface area contributed by atoms with Crippen LogP contribution in [-0.2, 0) is 14.2 Å². The van der Waals surface area contributed by atoms with Crippen LogP contribution in [-0.4, -0.2) is 39.1 Å². The normalized spacial score (nSPS) is 12.3. The Kier molecular flexibility index (Phi) is 10.7. The molecular weight excluding hydrogens is 228 g/mol. The largest absolute Gasteiger partial charge is 0.378 e. The third-order valence-corrected chi connectivity index (χ3v) is 2.18. The van der Waals surface area contributed by atoms with Gasteiger partial charge in [0.1, 0.15) is 6.10 Å². The van der Waals surface area contributed by atoms with Gasteiger partial charge in [-0.15, -0.1) is 0 Å². The van der Waals surface area contributed by atoms with Gasteiger partial charge in [-0.25, -0.2) is 0 Å². The van der Waals surface area contributed by atoms with E-state index in [1.165, 1.54) is 0 Å².